The van der Waals surface area contributed by atoms with E-state index in [4.69, 9.17) is 14.2 Å². The lowest BCUT2D eigenvalue weighted by molar-refractivity contribution is -0.120. The number of hydrogen-bond acceptors (Lipinski definition) is 6. The van der Waals surface area contributed by atoms with E-state index < -0.39 is 0 Å². The van der Waals surface area contributed by atoms with E-state index in [-0.39, 0.29) is 24.4 Å². The molecule has 1 unspecified atom stereocenters. The van der Waals surface area contributed by atoms with E-state index in [1.165, 1.54) is 32.7 Å². The van der Waals surface area contributed by atoms with Gasteiger partial charge in [0.1, 0.15) is 0 Å². The van der Waals surface area contributed by atoms with Crippen LogP contribution >= 0.6 is 27.3 Å². The molecule has 0 radical (unpaired) electrons. The molecule has 27 heavy (non-hydrogen) atoms. The fourth-order valence-corrected chi connectivity index (χ4v) is 3.71. The van der Waals surface area contributed by atoms with Crippen LogP contribution in [0.2, 0.25) is 0 Å². The fraction of sp³-hybridized carbons (Fsp3) is 0.333. The van der Waals surface area contributed by atoms with Gasteiger partial charge in [0, 0.05) is 0 Å². The van der Waals surface area contributed by atoms with Crippen molar-refractivity contribution in [1.82, 2.24) is 10.6 Å². The Morgan fingerprint density at radius 2 is 1.74 bits per heavy atom. The Morgan fingerprint density at radius 1 is 1.11 bits per heavy atom. The van der Waals surface area contributed by atoms with Gasteiger partial charge in [-0.2, -0.15) is 0 Å². The predicted molar refractivity (Wildman–Crippen MR) is 107 cm³/mol. The summed E-state index contributed by atoms with van der Waals surface area (Å²) in [5.74, 6) is 0.896. The molecule has 2 amide bonds. The molecule has 146 valence electrons. The second-order valence-electron chi connectivity index (χ2n) is 5.53. The van der Waals surface area contributed by atoms with E-state index in [2.05, 4.69) is 26.6 Å². The van der Waals surface area contributed by atoms with E-state index in [0.29, 0.717) is 22.1 Å². The summed E-state index contributed by atoms with van der Waals surface area (Å²) >= 11 is 4.61. The number of thiophene rings is 1. The lowest BCUT2D eigenvalue weighted by Crippen LogP contribution is -2.37. The maximum Gasteiger partial charge on any atom is 0.261 e. The third kappa shape index (κ3) is 5.36. The summed E-state index contributed by atoms with van der Waals surface area (Å²) in [6.07, 6.45) is 0. The fourth-order valence-electron chi connectivity index (χ4n) is 2.41. The third-order valence-electron chi connectivity index (χ3n) is 3.77. The Hall–Kier alpha value is -2.26. The first-order valence-corrected chi connectivity index (χ1v) is 9.63. The van der Waals surface area contributed by atoms with Crippen LogP contribution in [0.3, 0.4) is 0 Å². The van der Waals surface area contributed by atoms with E-state index in [1.54, 1.807) is 24.3 Å². The number of carbonyl (C=O) groups is 2. The highest BCUT2D eigenvalue weighted by Crippen LogP contribution is 2.39. The summed E-state index contributed by atoms with van der Waals surface area (Å²) in [5, 5.41) is 5.44. The highest BCUT2D eigenvalue weighted by Gasteiger charge is 2.18. The van der Waals surface area contributed by atoms with E-state index in [1.807, 2.05) is 6.92 Å². The minimum atomic E-state index is -0.320. The number of benzene rings is 1. The van der Waals surface area contributed by atoms with Crippen LogP contribution in [0, 0.1) is 0 Å². The van der Waals surface area contributed by atoms with Crippen LogP contribution in [0.25, 0.3) is 0 Å². The number of rotatable bonds is 8. The lowest BCUT2D eigenvalue weighted by Gasteiger charge is -2.19. The molecule has 0 aliphatic heterocycles. The molecule has 0 aliphatic rings. The van der Waals surface area contributed by atoms with Gasteiger partial charge in [0.25, 0.3) is 5.91 Å². The standard InChI is InChI=1S/C18H21BrN2O5S/c1-10(11-7-12(24-2)17(26-4)13(8-11)25-3)21-16(22)9-20-18(23)14-5-6-15(19)27-14/h5-8,10H,9H2,1-4H3,(H,20,23)(H,21,22). The molecule has 0 spiro atoms. The average Bonchev–Trinajstić information content (AvgIpc) is 3.11. The number of carbonyl (C=O) groups excluding carboxylic acids is 2. The van der Waals surface area contributed by atoms with Gasteiger partial charge in [-0.15, -0.1) is 11.3 Å². The average molecular weight is 457 g/mol. The molecular formula is C18H21BrN2O5S. The van der Waals surface area contributed by atoms with E-state index >= 15 is 0 Å². The zero-order chi connectivity index (χ0) is 20.0. The Labute approximate surface area is 170 Å². The molecular weight excluding hydrogens is 436 g/mol. The second-order valence-corrected chi connectivity index (χ2v) is 8.00. The molecule has 1 aromatic heterocycles. The van der Waals surface area contributed by atoms with Crippen molar-refractivity contribution < 1.29 is 23.8 Å². The monoisotopic (exact) mass is 456 g/mol. The van der Waals surface area contributed by atoms with Gasteiger partial charge in [0.05, 0.1) is 42.6 Å². The molecule has 1 heterocycles. The molecule has 2 N–H and O–H groups in total. The summed E-state index contributed by atoms with van der Waals surface area (Å²) in [7, 11) is 4.59. The van der Waals surface area contributed by atoms with Crippen molar-refractivity contribution in [3.63, 3.8) is 0 Å². The molecule has 1 aromatic carbocycles. The smallest absolute Gasteiger partial charge is 0.261 e. The van der Waals surface area contributed by atoms with Crippen molar-refractivity contribution in [3.8, 4) is 17.2 Å². The molecule has 0 fully saturated rings. The molecule has 0 bridgehead atoms. The number of methoxy groups -OCH3 is 3. The van der Waals surface area contributed by atoms with Crippen LogP contribution in [0.5, 0.6) is 17.2 Å². The first-order chi connectivity index (χ1) is 12.9. The topological polar surface area (TPSA) is 85.9 Å². The number of nitrogens with one attached hydrogen (secondary N) is 2. The molecule has 9 heteroatoms. The normalized spacial score (nSPS) is 11.4. The van der Waals surface area contributed by atoms with Gasteiger partial charge in [-0.1, -0.05) is 0 Å². The second kappa shape index (κ2) is 9.61. The number of hydrogen-bond donors (Lipinski definition) is 2. The van der Waals surface area contributed by atoms with Crippen molar-refractivity contribution in [2.24, 2.45) is 0 Å². The SMILES string of the molecule is COc1cc(C(C)NC(=O)CNC(=O)c2ccc(Br)s2)cc(OC)c1OC. The van der Waals surface area contributed by atoms with Crippen LogP contribution in [-0.2, 0) is 4.79 Å². The Kier molecular flexibility index (Phi) is 7.49. The highest BCUT2D eigenvalue weighted by atomic mass is 79.9. The van der Waals surface area contributed by atoms with Crippen molar-refractivity contribution in [1.29, 1.82) is 0 Å². The maximum absolute atomic E-state index is 12.2. The third-order valence-corrected chi connectivity index (χ3v) is 5.39. The van der Waals surface area contributed by atoms with Crippen LogP contribution in [0.15, 0.2) is 28.1 Å². The van der Waals surface area contributed by atoms with Gasteiger partial charge in [-0.05, 0) is 52.7 Å². The zero-order valence-corrected chi connectivity index (χ0v) is 17.8. The van der Waals surface area contributed by atoms with E-state index in [9.17, 15) is 9.59 Å². The molecule has 1 atom stereocenters. The summed E-state index contributed by atoms with van der Waals surface area (Å²) in [6, 6.07) is 6.70. The Balaban J connectivity index is 2.00. The summed E-state index contributed by atoms with van der Waals surface area (Å²) < 4.78 is 16.8. The first kappa shape index (κ1) is 21.0. The molecule has 2 rings (SSSR count). The summed E-state index contributed by atoms with van der Waals surface area (Å²) in [6.45, 7) is 1.71. The first-order valence-electron chi connectivity index (χ1n) is 8.02. The zero-order valence-electron chi connectivity index (χ0n) is 15.4. The summed E-state index contributed by atoms with van der Waals surface area (Å²) in [4.78, 5) is 24.7. The van der Waals surface area contributed by atoms with Gasteiger partial charge in [-0.25, -0.2) is 0 Å². The molecule has 7 nitrogen and oxygen atoms in total. The number of halogens is 1. The molecule has 2 aromatic rings. The van der Waals surface area contributed by atoms with Crippen molar-refractivity contribution in [2.75, 3.05) is 27.9 Å². The van der Waals surface area contributed by atoms with E-state index in [0.717, 1.165) is 9.35 Å². The molecule has 0 saturated carbocycles. The van der Waals surface area contributed by atoms with Crippen LogP contribution in [0.1, 0.15) is 28.2 Å². The van der Waals surface area contributed by atoms with Crippen molar-refractivity contribution >= 4 is 39.1 Å². The van der Waals surface area contributed by atoms with Crippen LogP contribution in [0.4, 0.5) is 0 Å². The van der Waals surface area contributed by atoms with Crippen molar-refractivity contribution in [2.45, 2.75) is 13.0 Å². The number of amides is 2. The molecule has 0 saturated heterocycles. The molecule has 0 aliphatic carbocycles. The largest absolute Gasteiger partial charge is 0.493 e. The van der Waals surface area contributed by atoms with Crippen LogP contribution < -0.4 is 24.8 Å². The maximum atomic E-state index is 12.2. The minimum Gasteiger partial charge on any atom is -0.493 e. The van der Waals surface area contributed by atoms with Gasteiger partial charge in [0.15, 0.2) is 11.5 Å². The highest BCUT2D eigenvalue weighted by molar-refractivity contribution is 9.11. The lowest BCUT2D eigenvalue weighted by atomic mass is 10.1. The quantitative estimate of drug-likeness (QED) is 0.636. The predicted octanol–water partition coefficient (Wildman–Crippen LogP) is 3.14. The Bertz CT molecular complexity index is 799. The van der Waals surface area contributed by atoms with Gasteiger partial charge >= 0.3 is 0 Å². The van der Waals surface area contributed by atoms with Gasteiger partial charge in [-0.3, -0.25) is 9.59 Å². The van der Waals surface area contributed by atoms with Gasteiger partial charge < -0.3 is 24.8 Å². The minimum absolute atomic E-state index is 0.122. The number of ether oxygens (including phenoxy) is 3. The Morgan fingerprint density at radius 3 is 2.22 bits per heavy atom. The van der Waals surface area contributed by atoms with Crippen molar-refractivity contribution in [3.05, 3.63) is 38.5 Å². The van der Waals surface area contributed by atoms with Crippen LogP contribution in [-0.4, -0.2) is 39.7 Å². The summed E-state index contributed by atoms with van der Waals surface area (Å²) in [5.41, 5.74) is 0.784. The van der Waals surface area contributed by atoms with Gasteiger partial charge in [0.2, 0.25) is 11.7 Å².